The van der Waals surface area contributed by atoms with Crippen molar-refractivity contribution in [2.24, 2.45) is 0 Å². The Balaban J connectivity index is 2.90. The molecule has 0 heterocycles. The summed E-state index contributed by atoms with van der Waals surface area (Å²) < 4.78 is 12.8. The van der Waals surface area contributed by atoms with Gasteiger partial charge in [0.2, 0.25) is 8.32 Å². The molecule has 1 aromatic carbocycles. The van der Waals surface area contributed by atoms with E-state index in [4.69, 9.17) is 14.7 Å². The summed E-state index contributed by atoms with van der Waals surface area (Å²) in [7, 11) is -5.63. The van der Waals surface area contributed by atoms with Crippen LogP contribution in [0.4, 0.5) is 0 Å². The van der Waals surface area contributed by atoms with Crippen LogP contribution in [0, 0.1) is 12.3 Å². The summed E-state index contributed by atoms with van der Waals surface area (Å²) in [5.74, 6) is 2.65. The van der Waals surface area contributed by atoms with Crippen LogP contribution in [-0.2, 0) is 8.23 Å². The lowest BCUT2D eigenvalue weighted by Crippen LogP contribution is -2.56. The largest absolute Gasteiger partial charge is 0.437 e. The van der Waals surface area contributed by atoms with Crippen LogP contribution in [0.25, 0.3) is 0 Å². The molecule has 0 aliphatic heterocycles. The summed E-state index contributed by atoms with van der Waals surface area (Å²) in [5.41, 5.74) is 0.911. The van der Waals surface area contributed by atoms with Crippen molar-refractivity contribution in [2.75, 3.05) is 0 Å². The lowest BCUT2D eigenvalue weighted by molar-refractivity contribution is 0.398. The van der Waals surface area contributed by atoms with Gasteiger partial charge in [-0.3, -0.25) is 0 Å². The Bertz CT molecular complexity index is 493. The summed E-state index contributed by atoms with van der Waals surface area (Å²) >= 11 is 0. The summed E-state index contributed by atoms with van der Waals surface area (Å²) in [6.45, 7) is 15.4. The van der Waals surface area contributed by atoms with Crippen LogP contribution in [0.5, 0.6) is 0 Å². The quantitative estimate of drug-likeness (QED) is 0.608. The van der Waals surface area contributed by atoms with Gasteiger partial charge in [-0.15, -0.1) is 6.42 Å². The second-order valence-corrected chi connectivity index (χ2v) is 19.2. The molecule has 5 heteroatoms. The van der Waals surface area contributed by atoms with E-state index < -0.39 is 25.2 Å². The first-order valence-electron chi connectivity index (χ1n) is 6.93. The summed E-state index contributed by atoms with van der Waals surface area (Å²) in [4.78, 5) is 0. The standard InChI is InChI=1S/C15H26O2Si3/c1-9-14-10-12-15(13-11-14)19(5,6)17-20(7,8)16-18(2,3)4/h1,10-13H,2-8H3. The Kier molecular flexibility index (Phi) is 5.22. The smallest absolute Gasteiger partial charge is 0.311 e. The zero-order valence-electron chi connectivity index (χ0n) is 13.7. The molecule has 0 unspecified atom stereocenters. The molecule has 0 N–H and O–H groups in total. The first-order valence-corrected chi connectivity index (χ1v) is 16.1. The first-order chi connectivity index (χ1) is 8.95. The second kappa shape index (κ2) is 6.00. The zero-order chi connectivity index (χ0) is 15.6. The minimum absolute atomic E-state index is 0.911. The van der Waals surface area contributed by atoms with Crippen molar-refractivity contribution in [3.8, 4) is 12.3 Å². The molecule has 0 atom stereocenters. The Labute approximate surface area is 127 Å². The maximum absolute atomic E-state index is 6.50. The van der Waals surface area contributed by atoms with Gasteiger partial charge in [-0.05, 0) is 63.1 Å². The lowest BCUT2D eigenvalue weighted by Gasteiger charge is -2.37. The molecule has 0 fully saturated rings. The van der Waals surface area contributed by atoms with Gasteiger partial charge in [-0.25, -0.2) is 0 Å². The predicted octanol–water partition coefficient (Wildman–Crippen LogP) is 3.65. The SMILES string of the molecule is C#Cc1ccc([Si](C)(C)O[Si](C)(C)O[Si](C)(C)C)cc1. The monoisotopic (exact) mass is 322 g/mol. The highest BCUT2D eigenvalue weighted by Gasteiger charge is 2.38. The van der Waals surface area contributed by atoms with Crippen LogP contribution >= 0.6 is 0 Å². The van der Waals surface area contributed by atoms with Gasteiger partial charge in [0.25, 0.3) is 0 Å². The molecule has 20 heavy (non-hydrogen) atoms. The maximum atomic E-state index is 6.50. The van der Waals surface area contributed by atoms with Crippen LogP contribution in [0.1, 0.15) is 5.56 Å². The molecule has 0 spiro atoms. The van der Waals surface area contributed by atoms with E-state index in [2.05, 4.69) is 63.9 Å². The third-order valence-corrected chi connectivity index (χ3v) is 12.9. The number of benzene rings is 1. The van der Waals surface area contributed by atoms with Gasteiger partial charge in [0.15, 0.2) is 8.32 Å². The Morgan fingerprint density at radius 3 is 1.75 bits per heavy atom. The van der Waals surface area contributed by atoms with E-state index in [9.17, 15) is 0 Å². The van der Waals surface area contributed by atoms with Gasteiger partial charge in [-0.1, -0.05) is 18.1 Å². The Morgan fingerprint density at radius 2 is 1.35 bits per heavy atom. The number of terminal acetylenes is 1. The molecule has 1 rings (SSSR count). The lowest BCUT2D eigenvalue weighted by atomic mass is 10.2. The normalized spacial score (nSPS) is 13.1. The number of rotatable bonds is 5. The van der Waals surface area contributed by atoms with Crippen LogP contribution in [0.3, 0.4) is 0 Å². The first kappa shape index (κ1) is 17.4. The van der Waals surface area contributed by atoms with Crippen molar-refractivity contribution in [1.82, 2.24) is 0 Å². The van der Waals surface area contributed by atoms with E-state index in [0.717, 1.165) is 5.56 Å². The van der Waals surface area contributed by atoms with E-state index in [-0.39, 0.29) is 0 Å². The van der Waals surface area contributed by atoms with E-state index in [1.807, 2.05) is 12.1 Å². The van der Waals surface area contributed by atoms with E-state index in [1.165, 1.54) is 5.19 Å². The van der Waals surface area contributed by atoms with Crippen molar-refractivity contribution >= 4 is 30.4 Å². The fourth-order valence-electron chi connectivity index (χ4n) is 2.40. The van der Waals surface area contributed by atoms with Gasteiger partial charge in [0.05, 0.1) is 0 Å². The third-order valence-electron chi connectivity index (χ3n) is 2.80. The molecule has 110 valence electrons. The Morgan fingerprint density at radius 1 is 0.850 bits per heavy atom. The average Bonchev–Trinajstić information content (AvgIpc) is 2.24. The highest BCUT2D eigenvalue weighted by molar-refractivity contribution is 6.93. The van der Waals surface area contributed by atoms with Gasteiger partial charge in [0, 0.05) is 5.56 Å². The fraction of sp³-hybridized carbons (Fsp3) is 0.467. The zero-order valence-corrected chi connectivity index (χ0v) is 16.7. The fourth-order valence-corrected chi connectivity index (χ4v) is 15.2. The minimum Gasteiger partial charge on any atom is -0.437 e. The molecular formula is C15H26O2Si3. The molecule has 0 radical (unpaired) electrons. The second-order valence-electron chi connectivity index (χ2n) is 6.95. The highest BCUT2D eigenvalue weighted by atomic mass is 28.5. The molecule has 0 bridgehead atoms. The minimum atomic E-state index is -2.10. The van der Waals surface area contributed by atoms with Crippen LogP contribution in [0.2, 0.25) is 45.8 Å². The van der Waals surface area contributed by atoms with Crippen LogP contribution < -0.4 is 5.19 Å². The molecule has 0 amide bonds. The molecule has 2 nitrogen and oxygen atoms in total. The van der Waals surface area contributed by atoms with Crippen molar-refractivity contribution in [3.05, 3.63) is 29.8 Å². The third kappa shape index (κ3) is 5.38. The Hall–Kier alpha value is -0.649. The molecule has 0 aliphatic carbocycles. The predicted molar refractivity (Wildman–Crippen MR) is 94.5 cm³/mol. The van der Waals surface area contributed by atoms with Crippen molar-refractivity contribution in [1.29, 1.82) is 0 Å². The van der Waals surface area contributed by atoms with Gasteiger partial charge < -0.3 is 8.23 Å². The number of hydrogen-bond acceptors (Lipinski definition) is 2. The van der Waals surface area contributed by atoms with Crippen LogP contribution in [-0.4, -0.2) is 25.2 Å². The average molecular weight is 323 g/mol. The van der Waals surface area contributed by atoms with Gasteiger partial charge in [-0.2, -0.15) is 0 Å². The van der Waals surface area contributed by atoms with Crippen molar-refractivity contribution < 1.29 is 8.23 Å². The van der Waals surface area contributed by atoms with E-state index in [0.29, 0.717) is 0 Å². The van der Waals surface area contributed by atoms with Gasteiger partial charge >= 0.3 is 8.56 Å². The van der Waals surface area contributed by atoms with E-state index in [1.54, 1.807) is 0 Å². The summed E-state index contributed by atoms with van der Waals surface area (Å²) in [5, 5.41) is 1.26. The summed E-state index contributed by atoms with van der Waals surface area (Å²) in [6, 6.07) is 8.17. The molecule has 1 aromatic rings. The summed E-state index contributed by atoms with van der Waals surface area (Å²) in [6.07, 6.45) is 5.40. The van der Waals surface area contributed by atoms with Crippen molar-refractivity contribution in [2.45, 2.75) is 45.8 Å². The molecular weight excluding hydrogens is 296 g/mol. The number of hydrogen-bond donors (Lipinski definition) is 0. The van der Waals surface area contributed by atoms with E-state index >= 15 is 0 Å². The van der Waals surface area contributed by atoms with Crippen molar-refractivity contribution in [3.63, 3.8) is 0 Å². The van der Waals surface area contributed by atoms with Crippen LogP contribution in [0.15, 0.2) is 24.3 Å². The van der Waals surface area contributed by atoms with Gasteiger partial charge in [0.1, 0.15) is 0 Å². The highest BCUT2D eigenvalue weighted by Crippen LogP contribution is 2.20. The molecule has 0 saturated heterocycles. The molecule has 0 aromatic heterocycles. The maximum Gasteiger partial charge on any atom is 0.311 e. The topological polar surface area (TPSA) is 18.5 Å². The molecule has 0 aliphatic rings. The molecule has 0 saturated carbocycles.